The number of aromatic nitrogens is 1. The maximum atomic E-state index is 6.06. The van der Waals surface area contributed by atoms with Crippen LogP contribution in [0.5, 0.6) is 0 Å². The van der Waals surface area contributed by atoms with Crippen molar-refractivity contribution in [1.29, 1.82) is 0 Å². The van der Waals surface area contributed by atoms with Crippen LogP contribution in [0.3, 0.4) is 0 Å². The highest BCUT2D eigenvalue weighted by molar-refractivity contribution is 6.30. The number of piperidine rings is 1. The van der Waals surface area contributed by atoms with Gasteiger partial charge in [-0.15, -0.1) is 0 Å². The Morgan fingerprint density at radius 2 is 2.24 bits per heavy atom. The van der Waals surface area contributed by atoms with Crippen molar-refractivity contribution in [2.24, 2.45) is 11.7 Å². The van der Waals surface area contributed by atoms with Gasteiger partial charge in [0.25, 0.3) is 0 Å². The van der Waals surface area contributed by atoms with E-state index in [4.69, 9.17) is 17.3 Å². The van der Waals surface area contributed by atoms with Crippen LogP contribution in [-0.2, 0) is 6.54 Å². The molecule has 3 nitrogen and oxygen atoms in total. The summed E-state index contributed by atoms with van der Waals surface area (Å²) in [6.07, 6.45) is 4.11. The van der Waals surface area contributed by atoms with Crippen molar-refractivity contribution >= 4 is 11.6 Å². The highest BCUT2D eigenvalue weighted by Crippen LogP contribution is 2.22. The average Bonchev–Trinajstić information content (AvgIpc) is 2.33. The molecule has 0 aromatic carbocycles. The minimum atomic E-state index is 0.319. The van der Waals surface area contributed by atoms with E-state index in [-0.39, 0.29) is 0 Å². The van der Waals surface area contributed by atoms with Crippen LogP contribution in [0.15, 0.2) is 18.3 Å². The molecule has 1 atom stereocenters. The Kier molecular flexibility index (Phi) is 4.37. The van der Waals surface area contributed by atoms with Crippen LogP contribution in [-0.4, -0.2) is 29.0 Å². The molecule has 1 aliphatic heterocycles. The Morgan fingerprint density at radius 1 is 1.53 bits per heavy atom. The minimum Gasteiger partial charge on any atom is -0.328 e. The molecule has 0 aliphatic carbocycles. The Labute approximate surface area is 108 Å². The summed E-state index contributed by atoms with van der Waals surface area (Å²) in [6.45, 7) is 5.23. The van der Waals surface area contributed by atoms with Gasteiger partial charge in [0, 0.05) is 24.3 Å². The third-order valence-corrected chi connectivity index (χ3v) is 3.95. The number of pyridine rings is 1. The molecule has 1 aromatic heterocycles. The van der Waals surface area contributed by atoms with Gasteiger partial charge in [-0.1, -0.05) is 17.7 Å². The zero-order chi connectivity index (χ0) is 12.3. The monoisotopic (exact) mass is 253 g/mol. The maximum Gasteiger partial charge on any atom is 0.133 e. The minimum absolute atomic E-state index is 0.319. The number of halogens is 1. The Bertz CT molecular complexity index is 359. The zero-order valence-electron chi connectivity index (χ0n) is 10.3. The summed E-state index contributed by atoms with van der Waals surface area (Å²) in [4.78, 5) is 6.54. The van der Waals surface area contributed by atoms with Crippen molar-refractivity contribution in [1.82, 2.24) is 9.88 Å². The van der Waals surface area contributed by atoms with Crippen molar-refractivity contribution in [3.63, 3.8) is 0 Å². The highest BCUT2D eigenvalue weighted by Gasteiger charge is 2.22. The van der Waals surface area contributed by atoms with E-state index < -0.39 is 0 Å². The molecule has 1 aromatic rings. The van der Waals surface area contributed by atoms with Gasteiger partial charge >= 0.3 is 0 Å². The first-order valence-corrected chi connectivity index (χ1v) is 6.62. The van der Waals surface area contributed by atoms with Gasteiger partial charge in [-0.2, -0.15) is 0 Å². The Hall–Kier alpha value is -0.640. The summed E-state index contributed by atoms with van der Waals surface area (Å²) in [5.41, 5.74) is 7.06. The molecular weight excluding hydrogens is 234 g/mol. The molecule has 1 aliphatic rings. The fourth-order valence-corrected chi connectivity index (χ4v) is 2.59. The number of hydrogen-bond donors (Lipinski definition) is 1. The van der Waals surface area contributed by atoms with Crippen LogP contribution in [0.2, 0.25) is 5.15 Å². The normalized spacial score (nSPS) is 20.4. The summed E-state index contributed by atoms with van der Waals surface area (Å²) in [5.74, 6) is 0.677. The Morgan fingerprint density at radius 3 is 2.82 bits per heavy atom. The van der Waals surface area contributed by atoms with E-state index in [1.807, 2.05) is 12.1 Å². The topological polar surface area (TPSA) is 42.1 Å². The van der Waals surface area contributed by atoms with E-state index in [9.17, 15) is 0 Å². The molecule has 0 saturated carbocycles. The Balaban J connectivity index is 1.88. The van der Waals surface area contributed by atoms with Crippen molar-refractivity contribution in [2.45, 2.75) is 32.4 Å². The fourth-order valence-electron chi connectivity index (χ4n) is 2.42. The van der Waals surface area contributed by atoms with Crippen molar-refractivity contribution in [3.05, 3.63) is 29.0 Å². The molecular formula is C13H20ClN3. The molecule has 17 heavy (non-hydrogen) atoms. The summed E-state index contributed by atoms with van der Waals surface area (Å²) >= 11 is 6.06. The van der Waals surface area contributed by atoms with Gasteiger partial charge in [0.1, 0.15) is 5.15 Å². The molecule has 2 rings (SSSR count). The molecule has 0 radical (unpaired) electrons. The van der Waals surface area contributed by atoms with Crippen LogP contribution < -0.4 is 5.73 Å². The molecule has 4 heteroatoms. The predicted molar refractivity (Wildman–Crippen MR) is 70.9 cm³/mol. The van der Waals surface area contributed by atoms with Gasteiger partial charge in [0.15, 0.2) is 0 Å². The largest absolute Gasteiger partial charge is 0.328 e. The second-order valence-electron chi connectivity index (χ2n) is 4.93. The van der Waals surface area contributed by atoms with E-state index in [1.165, 1.54) is 12.8 Å². The summed E-state index contributed by atoms with van der Waals surface area (Å²) in [7, 11) is 0. The second-order valence-corrected chi connectivity index (χ2v) is 5.28. The third-order valence-electron chi connectivity index (χ3n) is 3.61. The van der Waals surface area contributed by atoms with Crippen LogP contribution >= 0.6 is 11.6 Å². The first-order valence-electron chi connectivity index (χ1n) is 6.24. The van der Waals surface area contributed by atoms with Crippen LogP contribution in [0.1, 0.15) is 25.3 Å². The van der Waals surface area contributed by atoms with Crippen LogP contribution in [0.4, 0.5) is 0 Å². The first-order chi connectivity index (χ1) is 8.16. The quantitative estimate of drug-likeness (QED) is 0.841. The third kappa shape index (κ3) is 3.41. The lowest BCUT2D eigenvalue weighted by atomic mass is 9.91. The van der Waals surface area contributed by atoms with Crippen molar-refractivity contribution in [3.8, 4) is 0 Å². The first kappa shape index (κ1) is 12.8. The van der Waals surface area contributed by atoms with Crippen molar-refractivity contribution < 1.29 is 0 Å². The molecule has 1 fully saturated rings. The zero-order valence-corrected chi connectivity index (χ0v) is 11.0. The molecule has 94 valence electrons. The van der Waals surface area contributed by atoms with Crippen LogP contribution in [0.25, 0.3) is 0 Å². The van der Waals surface area contributed by atoms with Crippen molar-refractivity contribution in [2.75, 3.05) is 13.1 Å². The lowest BCUT2D eigenvalue weighted by Gasteiger charge is -2.33. The lowest BCUT2D eigenvalue weighted by Crippen LogP contribution is -2.39. The van der Waals surface area contributed by atoms with Crippen LogP contribution in [0, 0.1) is 5.92 Å². The average molecular weight is 254 g/mol. The molecule has 1 unspecified atom stereocenters. The van der Waals surface area contributed by atoms with Gasteiger partial charge in [-0.3, -0.25) is 4.90 Å². The molecule has 0 spiro atoms. The van der Waals surface area contributed by atoms with E-state index in [1.54, 1.807) is 6.20 Å². The highest BCUT2D eigenvalue weighted by atomic mass is 35.5. The van der Waals surface area contributed by atoms with Gasteiger partial charge in [0.05, 0.1) is 0 Å². The number of rotatable bonds is 3. The summed E-state index contributed by atoms with van der Waals surface area (Å²) in [6, 6.07) is 4.31. The molecule has 0 bridgehead atoms. The molecule has 2 N–H and O–H groups in total. The second kappa shape index (κ2) is 5.80. The maximum absolute atomic E-state index is 6.06. The number of hydrogen-bond acceptors (Lipinski definition) is 3. The van der Waals surface area contributed by atoms with E-state index in [2.05, 4.69) is 16.8 Å². The van der Waals surface area contributed by atoms with E-state index >= 15 is 0 Å². The fraction of sp³-hybridized carbons (Fsp3) is 0.615. The summed E-state index contributed by atoms with van der Waals surface area (Å²) < 4.78 is 0. The summed E-state index contributed by atoms with van der Waals surface area (Å²) in [5, 5.41) is 0.627. The lowest BCUT2D eigenvalue weighted by molar-refractivity contribution is 0.165. The van der Waals surface area contributed by atoms with E-state index in [0.29, 0.717) is 17.1 Å². The standard InChI is InChI=1S/C13H20ClN3/c1-10(15)11-4-7-17(8-5-11)9-12-3-2-6-16-13(12)14/h2-3,6,10-11H,4-5,7-9,15H2,1H3. The van der Waals surface area contributed by atoms with Gasteiger partial charge in [-0.05, 0) is 44.8 Å². The van der Waals surface area contributed by atoms with Gasteiger partial charge in [-0.25, -0.2) is 4.98 Å². The molecule has 2 heterocycles. The molecule has 1 saturated heterocycles. The van der Waals surface area contributed by atoms with E-state index in [0.717, 1.165) is 25.2 Å². The predicted octanol–water partition coefficient (Wildman–Crippen LogP) is 2.29. The smallest absolute Gasteiger partial charge is 0.133 e. The van der Waals surface area contributed by atoms with Gasteiger partial charge in [0.2, 0.25) is 0 Å². The van der Waals surface area contributed by atoms with Gasteiger partial charge < -0.3 is 5.73 Å². The number of nitrogens with two attached hydrogens (primary N) is 1. The molecule has 0 amide bonds. The number of likely N-dealkylation sites (tertiary alicyclic amines) is 1. The SMILES string of the molecule is CC(N)C1CCN(Cc2cccnc2Cl)CC1. The number of nitrogens with zero attached hydrogens (tertiary/aromatic N) is 2.